The van der Waals surface area contributed by atoms with Crippen molar-refractivity contribution in [3.8, 4) is 11.5 Å². The van der Waals surface area contributed by atoms with E-state index in [9.17, 15) is 14.0 Å². The molecule has 2 amide bonds. The third-order valence-electron chi connectivity index (χ3n) is 5.27. The summed E-state index contributed by atoms with van der Waals surface area (Å²) in [5, 5.41) is 2.90. The zero-order chi connectivity index (χ0) is 21.7. The number of hydrogen-bond donors (Lipinski definition) is 1. The predicted molar refractivity (Wildman–Crippen MR) is 112 cm³/mol. The molecule has 7 nitrogen and oxygen atoms in total. The fourth-order valence-corrected chi connectivity index (χ4v) is 3.41. The highest BCUT2D eigenvalue weighted by Gasteiger charge is 2.28. The topological polar surface area (TPSA) is 71.1 Å². The van der Waals surface area contributed by atoms with Crippen LogP contribution < -0.4 is 14.8 Å². The Bertz CT molecular complexity index is 896. The summed E-state index contributed by atoms with van der Waals surface area (Å²) < 4.78 is 23.5. The van der Waals surface area contributed by atoms with Crippen LogP contribution in [0.15, 0.2) is 42.5 Å². The van der Waals surface area contributed by atoms with Gasteiger partial charge in [0.1, 0.15) is 5.82 Å². The maximum atomic E-state index is 13.1. The standard InChI is InChI=1S/C22H26FN3O4/c1-15(21(27)24-18-8-9-19(29-2)20(14-18)30-3)25-10-12-26(13-11-25)22(28)16-4-6-17(23)7-5-16/h4-9,14-15H,10-13H2,1-3H3,(H,24,27). The lowest BCUT2D eigenvalue weighted by molar-refractivity contribution is -0.121. The van der Waals surface area contributed by atoms with E-state index in [1.165, 1.54) is 24.3 Å². The maximum Gasteiger partial charge on any atom is 0.253 e. The summed E-state index contributed by atoms with van der Waals surface area (Å²) in [4.78, 5) is 29.0. The third-order valence-corrected chi connectivity index (χ3v) is 5.27. The van der Waals surface area contributed by atoms with E-state index in [0.29, 0.717) is 48.9 Å². The van der Waals surface area contributed by atoms with Gasteiger partial charge in [-0.05, 0) is 43.3 Å². The van der Waals surface area contributed by atoms with Crippen molar-refractivity contribution < 1.29 is 23.5 Å². The van der Waals surface area contributed by atoms with E-state index in [1.807, 2.05) is 11.8 Å². The number of nitrogens with one attached hydrogen (secondary N) is 1. The molecule has 0 bridgehead atoms. The average Bonchev–Trinajstić information content (AvgIpc) is 2.78. The number of nitrogens with zero attached hydrogens (tertiary/aromatic N) is 2. The lowest BCUT2D eigenvalue weighted by Gasteiger charge is -2.37. The molecule has 30 heavy (non-hydrogen) atoms. The van der Waals surface area contributed by atoms with Crippen LogP contribution in [0.1, 0.15) is 17.3 Å². The monoisotopic (exact) mass is 415 g/mol. The highest BCUT2D eigenvalue weighted by molar-refractivity contribution is 5.95. The molecule has 0 aliphatic carbocycles. The number of halogens is 1. The largest absolute Gasteiger partial charge is 0.493 e. The first kappa shape index (κ1) is 21.6. The smallest absolute Gasteiger partial charge is 0.253 e. The van der Waals surface area contributed by atoms with Crippen LogP contribution in [0, 0.1) is 5.82 Å². The predicted octanol–water partition coefficient (Wildman–Crippen LogP) is 2.63. The number of amides is 2. The van der Waals surface area contributed by atoms with Crippen molar-refractivity contribution in [3.05, 3.63) is 53.8 Å². The van der Waals surface area contributed by atoms with Crippen LogP contribution in [0.5, 0.6) is 11.5 Å². The van der Waals surface area contributed by atoms with E-state index in [1.54, 1.807) is 37.3 Å². The van der Waals surface area contributed by atoms with Crippen LogP contribution in [0.25, 0.3) is 0 Å². The van der Waals surface area contributed by atoms with Crippen molar-refractivity contribution in [3.63, 3.8) is 0 Å². The summed E-state index contributed by atoms with van der Waals surface area (Å²) in [7, 11) is 3.09. The van der Waals surface area contributed by atoms with Crippen LogP contribution in [0.3, 0.4) is 0 Å². The van der Waals surface area contributed by atoms with Gasteiger partial charge >= 0.3 is 0 Å². The molecule has 0 radical (unpaired) electrons. The van der Waals surface area contributed by atoms with Gasteiger partial charge in [-0.3, -0.25) is 14.5 Å². The molecule has 1 fully saturated rings. The Morgan fingerprint density at radius 1 is 0.967 bits per heavy atom. The van der Waals surface area contributed by atoms with Crippen molar-refractivity contribution in [1.82, 2.24) is 9.80 Å². The van der Waals surface area contributed by atoms with E-state index in [2.05, 4.69) is 5.32 Å². The molecular formula is C22H26FN3O4. The minimum Gasteiger partial charge on any atom is -0.493 e. The molecule has 1 unspecified atom stereocenters. The van der Waals surface area contributed by atoms with Crippen molar-refractivity contribution in [2.45, 2.75) is 13.0 Å². The number of hydrogen-bond acceptors (Lipinski definition) is 5. The van der Waals surface area contributed by atoms with Gasteiger partial charge in [-0.2, -0.15) is 0 Å². The van der Waals surface area contributed by atoms with Crippen molar-refractivity contribution in [2.24, 2.45) is 0 Å². The van der Waals surface area contributed by atoms with Crippen molar-refractivity contribution in [2.75, 3.05) is 45.7 Å². The number of anilines is 1. The lowest BCUT2D eigenvalue weighted by Crippen LogP contribution is -2.54. The minimum absolute atomic E-state index is 0.128. The fraction of sp³-hybridized carbons (Fsp3) is 0.364. The molecule has 3 rings (SSSR count). The number of methoxy groups -OCH3 is 2. The Labute approximate surface area is 175 Å². The van der Waals surface area contributed by atoms with E-state index < -0.39 is 0 Å². The zero-order valence-electron chi connectivity index (χ0n) is 17.4. The second kappa shape index (κ2) is 9.58. The summed E-state index contributed by atoms with van der Waals surface area (Å²) in [5.74, 6) is 0.490. The van der Waals surface area contributed by atoms with Crippen molar-refractivity contribution in [1.29, 1.82) is 0 Å². The number of benzene rings is 2. The minimum atomic E-state index is -0.370. The SMILES string of the molecule is COc1ccc(NC(=O)C(C)N2CCN(C(=O)c3ccc(F)cc3)CC2)cc1OC. The normalized spacial score (nSPS) is 15.4. The molecule has 160 valence electrons. The van der Waals surface area contributed by atoms with Gasteiger partial charge < -0.3 is 19.7 Å². The van der Waals surface area contributed by atoms with Gasteiger partial charge in [0, 0.05) is 43.5 Å². The zero-order valence-corrected chi connectivity index (χ0v) is 17.4. The van der Waals surface area contributed by atoms with Crippen LogP contribution >= 0.6 is 0 Å². The Balaban J connectivity index is 1.55. The molecule has 2 aromatic carbocycles. The summed E-state index contributed by atoms with van der Waals surface area (Å²) in [6, 6.07) is 10.4. The molecule has 1 aliphatic heterocycles. The first-order valence-corrected chi connectivity index (χ1v) is 9.74. The number of piperazine rings is 1. The van der Waals surface area contributed by atoms with E-state index in [4.69, 9.17) is 9.47 Å². The quantitative estimate of drug-likeness (QED) is 0.786. The first-order chi connectivity index (χ1) is 14.4. The molecule has 0 spiro atoms. The van der Waals surface area contributed by atoms with Gasteiger partial charge in [0.05, 0.1) is 20.3 Å². The van der Waals surface area contributed by atoms with Gasteiger partial charge in [-0.15, -0.1) is 0 Å². The molecule has 2 aromatic rings. The second-order valence-electron chi connectivity index (χ2n) is 7.07. The highest BCUT2D eigenvalue weighted by Crippen LogP contribution is 2.29. The maximum absolute atomic E-state index is 13.1. The van der Waals surface area contributed by atoms with Crippen LogP contribution in [-0.4, -0.2) is 68.1 Å². The second-order valence-corrected chi connectivity index (χ2v) is 7.07. The van der Waals surface area contributed by atoms with E-state index in [-0.39, 0.29) is 23.7 Å². The van der Waals surface area contributed by atoms with E-state index in [0.717, 1.165) is 0 Å². The molecule has 1 saturated heterocycles. The summed E-state index contributed by atoms with van der Waals surface area (Å²) in [6.45, 7) is 4.00. The Morgan fingerprint density at radius 3 is 2.20 bits per heavy atom. The van der Waals surface area contributed by atoms with Crippen molar-refractivity contribution >= 4 is 17.5 Å². The van der Waals surface area contributed by atoms with Gasteiger partial charge in [-0.25, -0.2) is 4.39 Å². The van der Waals surface area contributed by atoms with Gasteiger partial charge in [0.25, 0.3) is 5.91 Å². The van der Waals surface area contributed by atoms with Crippen LogP contribution in [0.4, 0.5) is 10.1 Å². The molecule has 0 saturated carbocycles. The number of carbonyl (C=O) groups is 2. The van der Waals surface area contributed by atoms with E-state index >= 15 is 0 Å². The molecule has 1 N–H and O–H groups in total. The average molecular weight is 415 g/mol. The summed E-state index contributed by atoms with van der Waals surface area (Å²) in [5.41, 5.74) is 1.08. The van der Waals surface area contributed by atoms with Gasteiger partial charge in [0.15, 0.2) is 11.5 Å². The molecule has 1 heterocycles. The fourth-order valence-electron chi connectivity index (χ4n) is 3.41. The Kier molecular flexibility index (Phi) is 6.89. The molecule has 8 heteroatoms. The Morgan fingerprint density at radius 2 is 1.60 bits per heavy atom. The molecule has 0 aromatic heterocycles. The van der Waals surface area contributed by atoms with Gasteiger partial charge in [0.2, 0.25) is 5.91 Å². The lowest BCUT2D eigenvalue weighted by atomic mass is 10.1. The van der Waals surface area contributed by atoms with Crippen LogP contribution in [0.2, 0.25) is 0 Å². The summed E-state index contributed by atoms with van der Waals surface area (Å²) in [6.07, 6.45) is 0. The first-order valence-electron chi connectivity index (χ1n) is 9.74. The molecule has 1 atom stereocenters. The Hall–Kier alpha value is -3.13. The third kappa shape index (κ3) is 4.88. The highest BCUT2D eigenvalue weighted by atomic mass is 19.1. The number of ether oxygens (including phenoxy) is 2. The molecule has 1 aliphatic rings. The molecular weight excluding hydrogens is 389 g/mol. The number of rotatable bonds is 6. The summed E-state index contributed by atoms with van der Waals surface area (Å²) >= 11 is 0. The van der Waals surface area contributed by atoms with Gasteiger partial charge in [-0.1, -0.05) is 0 Å². The van der Waals surface area contributed by atoms with Crippen LogP contribution in [-0.2, 0) is 4.79 Å². The number of carbonyl (C=O) groups excluding carboxylic acids is 2.